The summed E-state index contributed by atoms with van der Waals surface area (Å²) in [5.41, 5.74) is 3.65. The molecule has 1 aliphatic carbocycles. The minimum Gasteiger partial charge on any atom is -0.493 e. The molecule has 0 unspecified atom stereocenters. The van der Waals surface area contributed by atoms with Crippen LogP contribution in [0.25, 0.3) is 0 Å². The van der Waals surface area contributed by atoms with Crippen LogP contribution in [0.4, 0.5) is 0 Å². The fourth-order valence-electron chi connectivity index (χ4n) is 4.70. The highest BCUT2D eigenvalue weighted by molar-refractivity contribution is 5.95. The van der Waals surface area contributed by atoms with Gasteiger partial charge in [0.2, 0.25) is 0 Å². The van der Waals surface area contributed by atoms with Crippen LogP contribution in [0.5, 0.6) is 11.5 Å². The lowest BCUT2D eigenvalue weighted by atomic mass is 9.78. The molecule has 5 heteroatoms. The number of ether oxygens (including phenoxy) is 2. The van der Waals surface area contributed by atoms with Crippen molar-refractivity contribution in [1.29, 1.82) is 0 Å². The van der Waals surface area contributed by atoms with E-state index in [0.29, 0.717) is 24.3 Å². The molecule has 0 bridgehead atoms. The van der Waals surface area contributed by atoms with Crippen molar-refractivity contribution in [2.24, 2.45) is 0 Å². The van der Waals surface area contributed by atoms with Gasteiger partial charge >= 0.3 is 0 Å². The third-order valence-corrected chi connectivity index (χ3v) is 6.49. The maximum Gasteiger partial charge on any atom is 0.253 e. The van der Waals surface area contributed by atoms with E-state index >= 15 is 0 Å². The van der Waals surface area contributed by atoms with E-state index in [-0.39, 0.29) is 11.3 Å². The molecule has 0 atom stereocenters. The normalized spacial score (nSPS) is 14.7. The molecule has 0 radical (unpaired) electrons. The molecule has 2 aromatic carbocycles. The number of nitrogens with zero attached hydrogens (tertiary/aromatic N) is 1. The van der Waals surface area contributed by atoms with Crippen LogP contribution in [0.1, 0.15) is 52.9 Å². The Bertz CT molecular complexity index is 1060. The van der Waals surface area contributed by atoms with Gasteiger partial charge in [-0.15, -0.1) is 0 Å². The van der Waals surface area contributed by atoms with Crippen LogP contribution in [-0.2, 0) is 11.8 Å². The van der Waals surface area contributed by atoms with Gasteiger partial charge in [0.25, 0.3) is 5.91 Å². The van der Waals surface area contributed by atoms with Crippen LogP contribution in [0, 0.1) is 0 Å². The Morgan fingerprint density at radius 2 is 1.72 bits per heavy atom. The quantitative estimate of drug-likeness (QED) is 0.550. The van der Waals surface area contributed by atoms with Gasteiger partial charge in [0.1, 0.15) is 0 Å². The van der Waals surface area contributed by atoms with Crippen LogP contribution < -0.4 is 14.8 Å². The molecule has 4 rings (SSSR count). The first-order chi connectivity index (χ1) is 15.6. The van der Waals surface area contributed by atoms with Gasteiger partial charge in [-0.1, -0.05) is 49.2 Å². The second kappa shape index (κ2) is 9.86. The molecule has 1 N–H and O–H groups in total. The number of carbonyl (C=O) groups excluding carboxylic acids is 1. The van der Waals surface area contributed by atoms with Gasteiger partial charge < -0.3 is 14.8 Å². The molecular weight excluding hydrogens is 400 g/mol. The summed E-state index contributed by atoms with van der Waals surface area (Å²) in [5.74, 6) is 1.37. The standard InChI is InChI=1S/C27H30N2O3/c1-31-24-13-12-21(18-25(24)32-2)27(14-6-7-15-27)19-29-26(30)22-11-8-16-28-23(22)17-20-9-4-3-5-10-20/h3-5,8-13,16,18H,6-7,14-15,17,19H2,1-2H3,(H,29,30). The van der Waals surface area contributed by atoms with Gasteiger partial charge in [-0.2, -0.15) is 0 Å². The Morgan fingerprint density at radius 1 is 0.969 bits per heavy atom. The van der Waals surface area contributed by atoms with Gasteiger partial charge in [-0.05, 0) is 48.2 Å². The fraction of sp³-hybridized carbons (Fsp3) is 0.333. The van der Waals surface area contributed by atoms with Crippen molar-refractivity contribution in [3.05, 3.63) is 89.2 Å². The van der Waals surface area contributed by atoms with Crippen molar-refractivity contribution < 1.29 is 14.3 Å². The number of aromatic nitrogens is 1. The lowest BCUT2D eigenvalue weighted by Gasteiger charge is -2.30. The third-order valence-electron chi connectivity index (χ3n) is 6.49. The number of pyridine rings is 1. The zero-order chi connectivity index (χ0) is 22.4. The Labute approximate surface area is 189 Å². The number of hydrogen-bond acceptors (Lipinski definition) is 4. The minimum atomic E-state index is -0.100. The van der Waals surface area contributed by atoms with E-state index in [0.717, 1.165) is 42.7 Å². The van der Waals surface area contributed by atoms with E-state index in [1.54, 1.807) is 20.4 Å². The van der Waals surface area contributed by atoms with Crippen LogP contribution >= 0.6 is 0 Å². The fourth-order valence-corrected chi connectivity index (χ4v) is 4.70. The Hall–Kier alpha value is -3.34. The maximum atomic E-state index is 13.2. The number of benzene rings is 2. The van der Waals surface area contributed by atoms with Gasteiger partial charge in [0.15, 0.2) is 11.5 Å². The van der Waals surface area contributed by atoms with E-state index < -0.39 is 0 Å². The molecule has 1 aromatic heterocycles. The summed E-state index contributed by atoms with van der Waals surface area (Å²) in [6.07, 6.45) is 6.74. The smallest absolute Gasteiger partial charge is 0.253 e. The van der Waals surface area contributed by atoms with Crippen LogP contribution in [-0.4, -0.2) is 31.7 Å². The van der Waals surface area contributed by atoms with Crippen molar-refractivity contribution in [2.75, 3.05) is 20.8 Å². The molecular formula is C27H30N2O3. The lowest BCUT2D eigenvalue weighted by molar-refractivity contribution is 0.0942. The Kier molecular flexibility index (Phi) is 6.74. The first-order valence-corrected chi connectivity index (χ1v) is 11.1. The van der Waals surface area contributed by atoms with Crippen LogP contribution in [0.15, 0.2) is 66.9 Å². The summed E-state index contributed by atoms with van der Waals surface area (Å²) in [6.45, 7) is 0.584. The van der Waals surface area contributed by atoms with Crippen molar-refractivity contribution >= 4 is 5.91 Å². The number of amides is 1. The zero-order valence-electron chi connectivity index (χ0n) is 18.8. The van der Waals surface area contributed by atoms with Gasteiger partial charge in [0, 0.05) is 24.6 Å². The summed E-state index contributed by atoms with van der Waals surface area (Å²) in [5, 5.41) is 3.22. The number of carbonyl (C=O) groups is 1. The van der Waals surface area contributed by atoms with E-state index in [1.165, 1.54) is 5.56 Å². The molecule has 1 saturated carbocycles. The van der Waals surface area contributed by atoms with E-state index in [1.807, 2.05) is 36.4 Å². The average Bonchev–Trinajstić information content (AvgIpc) is 3.33. The van der Waals surface area contributed by atoms with E-state index in [2.05, 4.69) is 34.6 Å². The maximum absolute atomic E-state index is 13.2. The summed E-state index contributed by atoms with van der Waals surface area (Å²) in [7, 11) is 3.30. The molecule has 3 aromatic rings. The molecule has 0 aliphatic heterocycles. The molecule has 5 nitrogen and oxygen atoms in total. The molecule has 0 saturated heterocycles. The first kappa shape index (κ1) is 21.9. The second-order valence-corrected chi connectivity index (χ2v) is 8.40. The molecule has 166 valence electrons. The van der Waals surface area contributed by atoms with Crippen LogP contribution in [0.3, 0.4) is 0 Å². The predicted octanol–water partition coefficient (Wildman–Crippen LogP) is 4.93. The summed E-state index contributed by atoms with van der Waals surface area (Å²) in [4.78, 5) is 17.7. The van der Waals surface area contributed by atoms with Crippen molar-refractivity contribution in [3.8, 4) is 11.5 Å². The molecule has 1 aliphatic rings. The summed E-state index contributed by atoms with van der Waals surface area (Å²) in [6, 6.07) is 19.9. The van der Waals surface area contributed by atoms with Gasteiger partial charge in [-0.25, -0.2) is 0 Å². The topological polar surface area (TPSA) is 60.5 Å². The second-order valence-electron chi connectivity index (χ2n) is 8.40. The minimum absolute atomic E-state index is 0.0733. The Balaban J connectivity index is 1.54. The van der Waals surface area contributed by atoms with Gasteiger partial charge in [0.05, 0.1) is 25.5 Å². The largest absolute Gasteiger partial charge is 0.493 e. The third kappa shape index (κ3) is 4.62. The average molecular weight is 431 g/mol. The van der Waals surface area contributed by atoms with Crippen molar-refractivity contribution in [2.45, 2.75) is 37.5 Å². The molecule has 1 fully saturated rings. The molecule has 32 heavy (non-hydrogen) atoms. The number of hydrogen-bond donors (Lipinski definition) is 1. The van der Waals surface area contributed by atoms with Crippen molar-refractivity contribution in [1.82, 2.24) is 10.3 Å². The lowest BCUT2D eigenvalue weighted by Crippen LogP contribution is -2.39. The zero-order valence-corrected chi connectivity index (χ0v) is 18.8. The van der Waals surface area contributed by atoms with E-state index in [4.69, 9.17) is 9.47 Å². The molecule has 0 spiro atoms. The van der Waals surface area contributed by atoms with E-state index in [9.17, 15) is 4.79 Å². The highest BCUT2D eigenvalue weighted by Gasteiger charge is 2.36. The summed E-state index contributed by atoms with van der Waals surface area (Å²) >= 11 is 0. The van der Waals surface area contributed by atoms with Crippen molar-refractivity contribution in [3.63, 3.8) is 0 Å². The van der Waals surface area contributed by atoms with Crippen LogP contribution in [0.2, 0.25) is 0 Å². The highest BCUT2D eigenvalue weighted by Crippen LogP contribution is 2.43. The molecule has 1 amide bonds. The monoisotopic (exact) mass is 430 g/mol. The predicted molar refractivity (Wildman–Crippen MR) is 126 cm³/mol. The number of methoxy groups -OCH3 is 2. The van der Waals surface area contributed by atoms with Gasteiger partial charge in [-0.3, -0.25) is 9.78 Å². The number of rotatable bonds is 8. The first-order valence-electron chi connectivity index (χ1n) is 11.1. The number of nitrogens with one attached hydrogen (secondary N) is 1. The SMILES string of the molecule is COc1ccc(C2(CNC(=O)c3cccnc3Cc3ccccc3)CCCC2)cc1OC. The molecule has 1 heterocycles. The highest BCUT2D eigenvalue weighted by atomic mass is 16.5. The Morgan fingerprint density at radius 3 is 2.44 bits per heavy atom. The summed E-state index contributed by atoms with van der Waals surface area (Å²) < 4.78 is 10.9.